The Labute approximate surface area is 114 Å². The van der Waals surface area contributed by atoms with E-state index in [0.29, 0.717) is 6.42 Å². The molecule has 1 aliphatic heterocycles. The molecule has 5 heteroatoms. The molecule has 0 bridgehead atoms. The summed E-state index contributed by atoms with van der Waals surface area (Å²) in [5.74, 6) is 0.147. The lowest BCUT2D eigenvalue weighted by Crippen LogP contribution is -2.28. The van der Waals surface area contributed by atoms with E-state index in [1.165, 1.54) is 0 Å². The van der Waals surface area contributed by atoms with E-state index in [-0.39, 0.29) is 5.91 Å². The topological polar surface area (TPSA) is 57.3 Å². The van der Waals surface area contributed by atoms with Gasteiger partial charge in [0.1, 0.15) is 0 Å². The summed E-state index contributed by atoms with van der Waals surface area (Å²) in [6.07, 6.45) is 3.53. The summed E-state index contributed by atoms with van der Waals surface area (Å²) in [5.41, 5.74) is 2.17. The van der Waals surface area contributed by atoms with Crippen molar-refractivity contribution >= 4 is 11.6 Å². The number of nitrogens with one attached hydrogen (secondary N) is 2. The van der Waals surface area contributed by atoms with Gasteiger partial charge in [-0.05, 0) is 18.6 Å². The van der Waals surface area contributed by atoms with Gasteiger partial charge in [-0.25, -0.2) is 0 Å². The van der Waals surface area contributed by atoms with E-state index in [0.717, 1.165) is 50.5 Å². The van der Waals surface area contributed by atoms with Crippen LogP contribution >= 0.6 is 0 Å². The van der Waals surface area contributed by atoms with Crippen molar-refractivity contribution in [1.82, 2.24) is 15.2 Å². The molecule has 2 heterocycles. The minimum absolute atomic E-state index is 0.147. The lowest BCUT2D eigenvalue weighted by molar-refractivity contribution is -0.120. The summed E-state index contributed by atoms with van der Waals surface area (Å²) in [4.78, 5) is 18.0. The van der Waals surface area contributed by atoms with Crippen LogP contribution in [0.3, 0.4) is 0 Å². The molecule has 0 atom stereocenters. The molecule has 104 valence electrons. The predicted molar refractivity (Wildman–Crippen MR) is 75.9 cm³/mol. The van der Waals surface area contributed by atoms with Gasteiger partial charge in [-0.2, -0.15) is 0 Å². The lowest BCUT2D eigenvalue weighted by Gasteiger charge is -2.18. The van der Waals surface area contributed by atoms with Crippen molar-refractivity contribution in [3.05, 3.63) is 24.0 Å². The zero-order valence-corrected chi connectivity index (χ0v) is 11.5. The fourth-order valence-electron chi connectivity index (χ4n) is 2.14. The van der Waals surface area contributed by atoms with Crippen LogP contribution in [0.2, 0.25) is 0 Å². The van der Waals surface area contributed by atoms with Gasteiger partial charge in [-0.15, -0.1) is 0 Å². The number of carbonyl (C=O) groups is 1. The number of anilines is 1. The largest absolute Gasteiger partial charge is 0.385 e. The average Bonchev–Trinajstić information content (AvgIpc) is 2.62. The molecular formula is C14H22N4O. The highest BCUT2D eigenvalue weighted by Crippen LogP contribution is 2.11. The summed E-state index contributed by atoms with van der Waals surface area (Å²) < 4.78 is 0. The number of pyridine rings is 1. The number of aromatic nitrogens is 1. The first-order valence-corrected chi connectivity index (χ1v) is 6.96. The van der Waals surface area contributed by atoms with Crippen molar-refractivity contribution in [2.45, 2.75) is 26.3 Å². The molecule has 1 fully saturated rings. The molecule has 1 aromatic heterocycles. The Kier molecular flexibility index (Phi) is 5.15. The summed E-state index contributed by atoms with van der Waals surface area (Å²) in [7, 11) is 0. The number of nitrogens with zero attached hydrogens (tertiary/aromatic N) is 2. The SMILES string of the molecule is CCCNc1ccnc(CN2CCNC(=O)CC2)c1. The molecule has 0 saturated carbocycles. The number of amides is 1. The van der Waals surface area contributed by atoms with E-state index in [1.807, 2.05) is 12.3 Å². The molecule has 0 spiro atoms. The first kappa shape index (κ1) is 13.8. The van der Waals surface area contributed by atoms with Crippen molar-refractivity contribution in [2.75, 3.05) is 31.5 Å². The van der Waals surface area contributed by atoms with Crippen LogP contribution in [0.15, 0.2) is 18.3 Å². The van der Waals surface area contributed by atoms with Crippen molar-refractivity contribution in [3.8, 4) is 0 Å². The second kappa shape index (κ2) is 7.09. The van der Waals surface area contributed by atoms with Crippen molar-refractivity contribution in [2.24, 2.45) is 0 Å². The first-order chi connectivity index (χ1) is 9.28. The molecule has 0 radical (unpaired) electrons. The first-order valence-electron chi connectivity index (χ1n) is 6.96. The van der Waals surface area contributed by atoms with Crippen LogP contribution < -0.4 is 10.6 Å². The number of carbonyl (C=O) groups excluding carboxylic acids is 1. The molecule has 1 aromatic rings. The van der Waals surface area contributed by atoms with Crippen LogP contribution in [-0.2, 0) is 11.3 Å². The molecule has 0 unspecified atom stereocenters. The van der Waals surface area contributed by atoms with Crippen LogP contribution in [0.25, 0.3) is 0 Å². The van der Waals surface area contributed by atoms with Gasteiger partial charge in [0.15, 0.2) is 0 Å². The standard InChI is InChI=1S/C14H22N4O/c1-2-5-15-12-3-6-16-13(10-12)11-18-8-4-14(19)17-7-9-18/h3,6,10H,2,4-5,7-9,11H2,1H3,(H,15,16)(H,17,19). The fraction of sp³-hybridized carbons (Fsp3) is 0.571. The van der Waals surface area contributed by atoms with Gasteiger partial charge in [-0.3, -0.25) is 14.7 Å². The predicted octanol–water partition coefficient (Wildman–Crippen LogP) is 1.23. The van der Waals surface area contributed by atoms with Crippen LogP contribution in [0.1, 0.15) is 25.5 Å². The second-order valence-corrected chi connectivity index (χ2v) is 4.84. The highest BCUT2D eigenvalue weighted by molar-refractivity contribution is 5.76. The third kappa shape index (κ3) is 4.52. The third-order valence-electron chi connectivity index (χ3n) is 3.19. The maximum atomic E-state index is 11.3. The quantitative estimate of drug-likeness (QED) is 0.838. The van der Waals surface area contributed by atoms with E-state index in [4.69, 9.17) is 0 Å². The number of rotatable bonds is 5. The van der Waals surface area contributed by atoms with E-state index in [2.05, 4.69) is 33.5 Å². The summed E-state index contributed by atoms with van der Waals surface area (Å²) in [6, 6.07) is 4.09. The lowest BCUT2D eigenvalue weighted by atomic mass is 10.2. The Morgan fingerprint density at radius 1 is 1.47 bits per heavy atom. The Morgan fingerprint density at radius 3 is 3.21 bits per heavy atom. The summed E-state index contributed by atoms with van der Waals surface area (Å²) >= 11 is 0. The average molecular weight is 262 g/mol. The molecule has 2 rings (SSSR count). The van der Waals surface area contributed by atoms with Gasteiger partial charge < -0.3 is 10.6 Å². The van der Waals surface area contributed by atoms with E-state index < -0.39 is 0 Å². The highest BCUT2D eigenvalue weighted by Gasteiger charge is 2.13. The van der Waals surface area contributed by atoms with E-state index in [9.17, 15) is 4.79 Å². The molecule has 0 aliphatic carbocycles. The second-order valence-electron chi connectivity index (χ2n) is 4.84. The molecule has 5 nitrogen and oxygen atoms in total. The van der Waals surface area contributed by atoms with Gasteiger partial charge in [0, 0.05) is 51.0 Å². The van der Waals surface area contributed by atoms with Gasteiger partial charge in [0.25, 0.3) is 0 Å². The number of hydrogen-bond acceptors (Lipinski definition) is 4. The van der Waals surface area contributed by atoms with Gasteiger partial charge in [0.2, 0.25) is 5.91 Å². The van der Waals surface area contributed by atoms with E-state index in [1.54, 1.807) is 0 Å². The Bertz CT molecular complexity index is 422. The normalized spacial score (nSPS) is 16.8. The molecule has 0 aromatic carbocycles. The maximum absolute atomic E-state index is 11.3. The smallest absolute Gasteiger partial charge is 0.221 e. The van der Waals surface area contributed by atoms with Crippen LogP contribution in [0, 0.1) is 0 Å². The fourth-order valence-corrected chi connectivity index (χ4v) is 2.14. The van der Waals surface area contributed by atoms with Crippen LogP contribution in [0.5, 0.6) is 0 Å². The van der Waals surface area contributed by atoms with E-state index >= 15 is 0 Å². The summed E-state index contributed by atoms with van der Waals surface area (Å²) in [5, 5.41) is 6.25. The molecule has 1 saturated heterocycles. The minimum Gasteiger partial charge on any atom is -0.385 e. The van der Waals surface area contributed by atoms with Crippen molar-refractivity contribution < 1.29 is 4.79 Å². The minimum atomic E-state index is 0.147. The third-order valence-corrected chi connectivity index (χ3v) is 3.19. The Hall–Kier alpha value is -1.62. The molecule has 19 heavy (non-hydrogen) atoms. The monoisotopic (exact) mass is 262 g/mol. The summed E-state index contributed by atoms with van der Waals surface area (Å²) in [6.45, 7) is 6.35. The highest BCUT2D eigenvalue weighted by atomic mass is 16.1. The van der Waals surface area contributed by atoms with Gasteiger partial charge >= 0.3 is 0 Å². The van der Waals surface area contributed by atoms with Crippen LogP contribution in [-0.4, -0.2) is 42.0 Å². The number of hydrogen-bond donors (Lipinski definition) is 2. The molecule has 1 amide bonds. The Balaban J connectivity index is 1.92. The van der Waals surface area contributed by atoms with Crippen LogP contribution in [0.4, 0.5) is 5.69 Å². The van der Waals surface area contributed by atoms with Crippen molar-refractivity contribution in [3.63, 3.8) is 0 Å². The van der Waals surface area contributed by atoms with Gasteiger partial charge in [-0.1, -0.05) is 6.92 Å². The Morgan fingerprint density at radius 2 is 2.37 bits per heavy atom. The maximum Gasteiger partial charge on any atom is 0.221 e. The van der Waals surface area contributed by atoms with Gasteiger partial charge in [0.05, 0.1) is 5.69 Å². The zero-order chi connectivity index (χ0) is 13.5. The molecule has 1 aliphatic rings. The molecular weight excluding hydrogens is 240 g/mol. The zero-order valence-electron chi connectivity index (χ0n) is 11.5. The molecule has 2 N–H and O–H groups in total. The van der Waals surface area contributed by atoms with Crippen molar-refractivity contribution in [1.29, 1.82) is 0 Å².